The van der Waals surface area contributed by atoms with Crippen LogP contribution in [0.2, 0.25) is 0 Å². The molecule has 0 radical (unpaired) electrons. The smallest absolute Gasteiger partial charge is 0.193 e. The zero-order valence-corrected chi connectivity index (χ0v) is 20.7. The Morgan fingerprint density at radius 3 is 2.93 bits per heavy atom. The second-order valence-corrected chi connectivity index (χ2v) is 9.18. The summed E-state index contributed by atoms with van der Waals surface area (Å²) in [6, 6.07) is 4.24. The second kappa shape index (κ2) is 11.4. The third-order valence-electron chi connectivity index (χ3n) is 4.64. The summed E-state index contributed by atoms with van der Waals surface area (Å²) in [4.78, 5) is 7.87. The molecule has 27 heavy (non-hydrogen) atoms. The van der Waals surface area contributed by atoms with Crippen molar-refractivity contribution in [2.24, 2.45) is 4.99 Å². The highest BCUT2D eigenvalue weighted by Crippen LogP contribution is 2.23. The van der Waals surface area contributed by atoms with Gasteiger partial charge in [0.1, 0.15) is 11.6 Å². The van der Waals surface area contributed by atoms with Crippen molar-refractivity contribution in [1.29, 1.82) is 0 Å². The molecule has 0 aromatic carbocycles. The lowest BCUT2D eigenvalue weighted by atomic mass is 10.2. The van der Waals surface area contributed by atoms with Crippen molar-refractivity contribution >= 4 is 57.2 Å². The molecule has 1 aliphatic rings. The number of halogens is 2. The van der Waals surface area contributed by atoms with Gasteiger partial charge >= 0.3 is 0 Å². The van der Waals surface area contributed by atoms with Gasteiger partial charge in [0, 0.05) is 44.9 Å². The number of hydrogen-bond acceptors (Lipinski definition) is 4. The molecule has 150 valence electrons. The fraction of sp³-hybridized carbons (Fsp3) is 0.611. The molecule has 0 bridgehead atoms. The molecule has 0 fully saturated rings. The molecule has 0 amide bonds. The maximum atomic E-state index is 4.41. The van der Waals surface area contributed by atoms with Crippen molar-refractivity contribution in [2.75, 3.05) is 20.6 Å². The van der Waals surface area contributed by atoms with Gasteiger partial charge in [-0.25, -0.2) is 0 Å². The van der Waals surface area contributed by atoms with Crippen LogP contribution in [0.1, 0.15) is 42.2 Å². The number of aliphatic imine (C=N–C) groups is 1. The van der Waals surface area contributed by atoms with Gasteiger partial charge in [0.05, 0.1) is 10.3 Å². The molecule has 0 saturated carbocycles. The van der Waals surface area contributed by atoms with Crippen LogP contribution < -0.4 is 5.32 Å². The summed E-state index contributed by atoms with van der Waals surface area (Å²) in [6.07, 6.45) is 6.83. The van der Waals surface area contributed by atoms with E-state index in [2.05, 4.69) is 65.1 Å². The number of aryl methyl sites for hydroxylation is 2. The topological polar surface area (TPSA) is 58.3 Å². The van der Waals surface area contributed by atoms with Crippen LogP contribution in [0.15, 0.2) is 20.9 Å². The number of nitrogens with one attached hydrogen (secondary N) is 1. The van der Waals surface area contributed by atoms with E-state index in [4.69, 9.17) is 0 Å². The van der Waals surface area contributed by atoms with E-state index >= 15 is 0 Å². The molecule has 9 heteroatoms. The Balaban J connectivity index is 0.00000261. The van der Waals surface area contributed by atoms with Crippen LogP contribution in [-0.4, -0.2) is 46.3 Å². The van der Waals surface area contributed by atoms with Gasteiger partial charge < -0.3 is 14.8 Å². The molecule has 0 saturated heterocycles. The average Bonchev–Trinajstić information content (AvgIpc) is 3.12. The quantitative estimate of drug-likeness (QED) is 0.248. The van der Waals surface area contributed by atoms with Crippen molar-refractivity contribution in [2.45, 2.75) is 51.6 Å². The van der Waals surface area contributed by atoms with Crippen LogP contribution in [0.3, 0.4) is 0 Å². The second-order valence-electron chi connectivity index (χ2n) is 6.63. The Labute approximate surface area is 191 Å². The van der Waals surface area contributed by atoms with E-state index in [0.29, 0.717) is 0 Å². The van der Waals surface area contributed by atoms with Crippen LogP contribution in [-0.2, 0) is 25.9 Å². The van der Waals surface area contributed by atoms with E-state index in [9.17, 15) is 0 Å². The van der Waals surface area contributed by atoms with Crippen LogP contribution in [0.4, 0.5) is 0 Å². The van der Waals surface area contributed by atoms with E-state index in [1.54, 1.807) is 11.3 Å². The molecule has 2 aromatic heterocycles. The molecule has 6 nitrogen and oxygen atoms in total. The minimum atomic E-state index is 0. The van der Waals surface area contributed by atoms with Crippen LogP contribution in [0.5, 0.6) is 0 Å². The summed E-state index contributed by atoms with van der Waals surface area (Å²) < 4.78 is 3.50. The highest BCUT2D eigenvalue weighted by molar-refractivity contribution is 14.0. The maximum Gasteiger partial charge on any atom is 0.193 e. The normalized spacial score (nSPS) is 14.3. The van der Waals surface area contributed by atoms with Crippen molar-refractivity contribution in [3.05, 3.63) is 32.4 Å². The SMILES string of the molecule is CN=C(NCCCc1nnc2n1CCCCC2)N(C)Cc1ccc(Br)s1.I. The first kappa shape index (κ1) is 22.6. The number of nitrogens with zero attached hydrogens (tertiary/aromatic N) is 5. The molecule has 1 aliphatic heterocycles. The van der Waals surface area contributed by atoms with Gasteiger partial charge in [0.25, 0.3) is 0 Å². The lowest BCUT2D eigenvalue weighted by molar-refractivity contribution is 0.479. The summed E-state index contributed by atoms with van der Waals surface area (Å²) in [6.45, 7) is 2.81. The first-order valence-electron chi connectivity index (χ1n) is 9.24. The lowest BCUT2D eigenvalue weighted by Crippen LogP contribution is -2.38. The third kappa shape index (κ3) is 6.42. The van der Waals surface area contributed by atoms with Gasteiger partial charge in [0.15, 0.2) is 5.96 Å². The van der Waals surface area contributed by atoms with Gasteiger partial charge in [-0.05, 0) is 47.3 Å². The number of thiophene rings is 1. The Hall–Kier alpha value is -0.680. The molecule has 0 spiro atoms. The molecular formula is C18H28BrIN6S. The summed E-state index contributed by atoms with van der Waals surface area (Å²) in [5.41, 5.74) is 0. The van der Waals surface area contributed by atoms with E-state index in [1.807, 2.05) is 7.05 Å². The largest absolute Gasteiger partial charge is 0.356 e. The van der Waals surface area contributed by atoms with Crippen molar-refractivity contribution in [1.82, 2.24) is 25.0 Å². The summed E-state index contributed by atoms with van der Waals surface area (Å²) in [5, 5.41) is 12.3. The van der Waals surface area contributed by atoms with Gasteiger partial charge in [-0.1, -0.05) is 6.42 Å². The van der Waals surface area contributed by atoms with Crippen LogP contribution >= 0.6 is 51.2 Å². The fourth-order valence-electron chi connectivity index (χ4n) is 3.31. The molecule has 0 aliphatic carbocycles. The Morgan fingerprint density at radius 1 is 1.33 bits per heavy atom. The first-order valence-corrected chi connectivity index (χ1v) is 10.9. The number of hydrogen-bond donors (Lipinski definition) is 1. The van der Waals surface area contributed by atoms with Gasteiger partial charge in [-0.3, -0.25) is 4.99 Å². The van der Waals surface area contributed by atoms with Crippen LogP contribution in [0, 0.1) is 0 Å². The number of aromatic nitrogens is 3. The number of fused-ring (bicyclic) bond motifs is 1. The van der Waals surface area contributed by atoms with Crippen LogP contribution in [0.25, 0.3) is 0 Å². The molecule has 1 N–H and O–H groups in total. The number of rotatable bonds is 6. The summed E-state index contributed by atoms with van der Waals surface area (Å²) >= 11 is 5.28. The standard InChI is InChI=1S/C18H27BrN6S.HI/c1-20-18(24(2)13-14-9-10-15(19)26-14)21-11-6-8-17-23-22-16-7-4-3-5-12-25(16)17;/h9-10H,3-8,11-13H2,1-2H3,(H,20,21);1H. The van der Waals surface area contributed by atoms with Crippen molar-refractivity contribution in [3.8, 4) is 0 Å². The fourth-order valence-corrected chi connectivity index (χ4v) is 4.84. The minimum Gasteiger partial charge on any atom is -0.356 e. The van der Waals surface area contributed by atoms with E-state index in [1.165, 1.54) is 30.0 Å². The minimum absolute atomic E-state index is 0. The van der Waals surface area contributed by atoms with Crippen molar-refractivity contribution in [3.63, 3.8) is 0 Å². The molecule has 0 atom stereocenters. The van der Waals surface area contributed by atoms with E-state index < -0.39 is 0 Å². The Morgan fingerprint density at radius 2 is 2.19 bits per heavy atom. The molecule has 2 aromatic rings. The number of guanidine groups is 1. The van der Waals surface area contributed by atoms with Gasteiger partial charge in [0.2, 0.25) is 0 Å². The lowest BCUT2D eigenvalue weighted by Gasteiger charge is -2.21. The van der Waals surface area contributed by atoms with E-state index in [-0.39, 0.29) is 24.0 Å². The van der Waals surface area contributed by atoms with Crippen molar-refractivity contribution < 1.29 is 0 Å². The predicted octanol–water partition coefficient (Wildman–Crippen LogP) is 4.09. The van der Waals surface area contributed by atoms with Gasteiger partial charge in [-0.15, -0.1) is 45.5 Å². The molecule has 3 heterocycles. The zero-order chi connectivity index (χ0) is 18.4. The average molecular weight is 567 g/mol. The first-order chi connectivity index (χ1) is 12.7. The third-order valence-corrected chi connectivity index (χ3v) is 6.25. The maximum absolute atomic E-state index is 4.41. The Bertz CT molecular complexity index is 744. The van der Waals surface area contributed by atoms with Gasteiger partial charge in [-0.2, -0.15) is 0 Å². The summed E-state index contributed by atoms with van der Waals surface area (Å²) in [5.74, 6) is 3.23. The Kier molecular flexibility index (Phi) is 9.51. The predicted molar refractivity (Wildman–Crippen MR) is 126 cm³/mol. The highest BCUT2D eigenvalue weighted by Gasteiger charge is 2.14. The molecule has 3 rings (SSSR count). The van der Waals surface area contributed by atoms with E-state index in [0.717, 1.165) is 54.5 Å². The monoisotopic (exact) mass is 566 g/mol. The molecular weight excluding hydrogens is 539 g/mol. The molecule has 0 unspecified atom stereocenters. The zero-order valence-electron chi connectivity index (χ0n) is 15.9. The summed E-state index contributed by atoms with van der Waals surface area (Å²) in [7, 11) is 3.91. The highest BCUT2D eigenvalue weighted by atomic mass is 127.